The molecular formula is C94H106O4S8. The summed E-state index contributed by atoms with van der Waals surface area (Å²) in [6.45, 7) is 18.6. The monoisotopic (exact) mass is 1550 g/mol. The summed E-state index contributed by atoms with van der Waals surface area (Å²) >= 11 is 15.6. The third kappa shape index (κ3) is 17.4. The standard InChI is InChI=1S/C94H106O4S8/c1-9-17-23-27-37-61-51-67(55-75-85(95)69-41-31-32-42-70(69)86(75)96)101-89(61)79-53-63(39-29-25-19-11-3)91(103-79)81-57-73-83(77-47-45-65(99-77)49-59(15-7)35-21-13-5)94-74(84(93(73)105-81)78-48-46-66(100-78)50-60(16-8)36-22-14-6)58-82(106-94)92-64(40-30-26-20-12-4)54-80(104-92)90-62(38-28-24-18-10-2)52-68(102-90)56-76-87(97)71-43-33-34-44-72(71)88(76)98/h31-34,41-48,51-60H,9-30,35-40,49-50H2,1-8H3. The average Bonchev–Trinajstić information content (AvgIpc) is 1.55. The maximum Gasteiger partial charge on any atom is 0.197 e. The van der Waals surface area contributed by atoms with E-state index < -0.39 is 0 Å². The fraction of sp³-hybridized carbons (Fsp3) is 0.426. The molecule has 12 heteroatoms. The van der Waals surface area contributed by atoms with Gasteiger partial charge in [0.05, 0.1) is 11.1 Å². The van der Waals surface area contributed by atoms with Crippen LogP contribution in [0, 0.1) is 11.8 Å². The van der Waals surface area contributed by atoms with Crippen molar-refractivity contribution in [1.29, 1.82) is 0 Å². The van der Waals surface area contributed by atoms with Crippen molar-refractivity contribution in [2.45, 2.75) is 248 Å². The highest BCUT2D eigenvalue weighted by Crippen LogP contribution is 2.58. The maximum absolute atomic E-state index is 13.9. The molecule has 0 saturated heterocycles. The minimum atomic E-state index is -0.172. The number of aryl methyl sites for hydroxylation is 4. The molecule has 13 rings (SSSR count). The van der Waals surface area contributed by atoms with E-state index in [-0.39, 0.29) is 34.3 Å². The van der Waals surface area contributed by atoms with Crippen molar-refractivity contribution < 1.29 is 19.2 Å². The summed E-state index contributed by atoms with van der Waals surface area (Å²) in [6, 6.07) is 39.5. The van der Waals surface area contributed by atoms with Crippen LogP contribution >= 0.6 is 90.7 Å². The Labute approximate surface area is 663 Å². The van der Waals surface area contributed by atoms with Crippen LogP contribution in [0.2, 0.25) is 0 Å². The van der Waals surface area contributed by atoms with E-state index in [0.717, 1.165) is 74.0 Å². The SMILES string of the molecule is CCCCCCc1cc(C=C2C(=O)c3ccccc3C2=O)sc1-c1cc(CCCCCC)c(-c2cc3c(-c4ccc(CC(CC)CCCC)s4)c4sc(-c5sc(-c6sc(C=C7C(=O)c8ccccc8C7=O)cc6CCCCCC)cc5CCCCCC)cc4c(-c4ccc(CC(CC)CCCC)s4)c3s2)s1. The molecule has 554 valence electrons. The number of hydrogen-bond acceptors (Lipinski definition) is 12. The minimum absolute atomic E-state index is 0.172. The van der Waals surface area contributed by atoms with Gasteiger partial charge in [-0.25, -0.2) is 0 Å². The van der Waals surface area contributed by atoms with Gasteiger partial charge in [-0.1, -0.05) is 232 Å². The highest BCUT2D eigenvalue weighted by atomic mass is 32.1. The summed E-state index contributed by atoms with van der Waals surface area (Å²) in [5, 5.41) is 2.71. The molecule has 0 N–H and O–H groups in total. The Morgan fingerprint density at radius 1 is 0.311 bits per heavy atom. The lowest BCUT2D eigenvalue weighted by Gasteiger charge is -2.13. The molecule has 2 aliphatic carbocycles. The predicted molar refractivity (Wildman–Crippen MR) is 469 cm³/mol. The van der Waals surface area contributed by atoms with Crippen LogP contribution in [-0.4, -0.2) is 23.1 Å². The molecule has 2 aliphatic rings. The van der Waals surface area contributed by atoms with Crippen LogP contribution in [0.1, 0.15) is 293 Å². The molecule has 8 aromatic heterocycles. The van der Waals surface area contributed by atoms with E-state index in [4.69, 9.17) is 0 Å². The van der Waals surface area contributed by atoms with Crippen LogP contribution in [0.4, 0.5) is 0 Å². The van der Waals surface area contributed by atoms with E-state index in [2.05, 4.69) is 116 Å². The van der Waals surface area contributed by atoms with Gasteiger partial charge in [-0.2, -0.15) is 0 Å². The van der Waals surface area contributed by atoms with E-state index in [9.17, 15) is 19.2 Å². The van der Waals surface area contributed by atoms with Gasteiger partial charge in [-0.05, 0) is 171 Å². The van der Waals surface area contributed by atoms with Crippen LogP contribution in [0.5, 0.6) is 0 Å². The first-order chi connectivity index (χ1) is 51.9. The van der Waals surface area contributed by atoms with Crippen molar-refractivity contribution >= 4 is 146 Å². The maximum atomic E-state index is 13.9. The summed E-state index contributed by atoms with van der Waals surface area (Å²) in [5.41, 5.74) is 10.8. The number of unbranched alkanes of at least 4 members (excludes halogenated alkanes) is 14. The Bertz CT molecular complexity index is 4530. The fourth-order valence-electron chi connectivity index (χ4n) is 15.9. The fourth-order valence-corrected chi connectivity index (χ4v) is 26.2. The highest BCUT2D eigenvalue weighted by Gasteiger charge is 2.35. The number of allylic oxidation sites excluding steroid dienone is 2. The van der Waals surface area contributed by atoms with Gasteiger partial charge in [0, 0.05) is 122 Å². The van der Waals surface area contributed by atoms with Gasteiger partial charge in [0.25, 0.3) is 0 Å². The van der Waals surface area contributed by atoms with E-state index in [1.807, 2.05) is 104 Å². The second-order valence-corrected chi connectivity index (χ2v) is 38.6. The first kappa shape index (κ1) is 78.1. The molecule has 0 spiro atoms. The lowest BCUT2D eigenvalue weighted by atomic mass is 9.95. The number of carbonyl (C=O) groups excluding carboxylic acids is 4. The zero-order valence-corrected chi connectivity index (χ0v) is 70.3. The van der Waals surface area contributed by atoms with Gasteiger partial charge < -0.3 is 0 Å². The van der Waals surface area contributed by atoms with Crippen LogP contribution < -0.4 is 0 Å². The van der Waals surface area contributed by atoms with Gasteiger partial charge >= 0.3 is 0 Å². The number of carbonyl (C=O) groups is 4. The average molecular weight is 1560 g/mol. The number of thiophene rings is 8. The molecular weight excluding hydrogens is 1450 g/mol. The van der Waals surface area contributed by atoms with Crippen molar-refractivity contribution in [3.05, 3.63) is 184 Å². The smallest absolute Gasteiger partial charge is 0.197 e. The number of hydrogen-bond donors (Lipinski definition) is 0. The summed E-state index contributed by atoms with van der Waals surface area (Å²) in [7, 11) is 0. The number of ketones is 4. The van der Waals surface area contributed by atoms with Crippen molar-refractivity contribution in [1.82, 2.24) is 0 Å². The highest BCUT2D eigenvalue weighted by molar-refractivity contribution is 7.31. The predicted octanol–water partition coefficient (Wildman–Crippen LogP) is 31.4. The zero-order chi connectivity index (χ0) is 73.8. The van der Waals surface area contributed by atoms with Crippen LogP contribution in [-0.2, 0) is 38.5 Å². The number of benzene rings is 3. The largest absolute Gasteiger partial charge is 0.288 e. The second kappa shape index (κ2) is 37.1. The molecule has 0 aliphatic heterocycles. The minimum Gasteiger partial charge on any atom is -0.288 e. The molecule has 0 bridgehead atoms. The lowest BCUT2D eigenvalue weighted by Crippen LogP contribution is -2.01. The number of fused-ring (bicyclic) bond motifs is 4. The lowest BCUT2D eigenvalue weighted by molar-refractivity contribution is 0.0975. The molecule has 0 amide bonds. The molecule has 3 aromatic carbocycles. The Kier molecular flexibility index (Phi) is 27.3. The van der Waals surface area contributed by atoms with Crippen LogP contribution in [0.25, 0.3) is 92.2 Å². The van der Waals surface area contributed by atoms with E-state index in [1.54, 1.807) is 46.9 Å². The summed E-state index contributed by atoms with van der Waals surface area (Å²) in [5.74, 6) is 0.619. The third-order valence-electron chi connectivity index (χ3n) is 22.1. The third-order valence-corrected chi connectivity index (χ3v) is 32.0. The summed E-state index contributed by atoms with van der Waals surface area (Å²) < 4.78 is 2.75. The molecule has 2 unspecified atom stereocenters. The number of Topliss-reactive ketones (excluding diaryl/α,β-unsaturated/α-hetero) is 4. The van der Waals surface area contributed by atoms with Crippen LogP contribution in [0.3, 0.4) is 0 Å². The first-order valence-corrected chi connectivity index (χ1v) is 46.9. The number of rotatable bonds is 40. The van der Waals surface area contributed by atoms with E-state index >= 15 is 0 Å². The molecule has 2 atom stereocenters. The van der Waals surface area contributed by atoms with Crippen molar-refractivity contribution in [2.24, 2.45) is 11.8 Å². The van der Waals surface area contributed by atoms with Gasteiger partial charge in [0.1, 0.15) is 0 Å². The Morgan fingerprint density at radius 2 is 0.632 bits per heavy atom. The van der Waals surface area contributed by atoms with Gasteiger partial charge in [-0.15, -0.1) is 90.7 Å². The van der Waals surface area contributed by atoms with Crippen molar-refractivity contribution in [2.75, 3.05) is 0 Å². The Hall–Kier alpha value is -6.06. The molecule has 0 fully saturated rings. The molecule has 8 heterocycles. The topological polar surface area (TPSA) is 68.3 Å². The quantitative estimate of drug-likeness (QED) is 0.0218. The normalized spacial score (nSPS) is 13.6. The molecule has 4 nitrogen and oxygen atoms in total. The molecule has 11 aromatic rings. The Balaban J connectivity index is 1.01. The molecule has 0 radical (unpaired) electrons. The van der Waals surface area contributed by atoms with Gasteiger partial charge in [-0.3, -0.25) is 19.2 Å². The van der Waals surface area contributed by atoms with Crippen molar-refractivity contribution in [3.8, 4) is 59.9 Å². The zero-order valence-electron chi connectivity index (χ0n) is 63.8. The molecule has 106 heavy (non-hydrogen) atoms. The van der Waals surface area contributed by atoms with E-state index in [1.165, 1.54) is 240 Å². The summed E-state index contributed by atoms with van der Waals surface area (Å²) in [4.78, 5) is 74.0. The van der Waals surface area contributed by atoms with Crippen molar-refractivity contribution in [3.63, 3.8) is 0 Å². The first-order valence-electron chi connectivity index (χ1n) is 40.4. The van der Waals surface area contributed by atoms with Gasteiger partial charge in [0.2, 0.25) is 0 Å². The van der Waals surface area contributed by atoms with E-state index in [0.29, 0.717) is 34.1 Å². The van der Waals surface area contributed by atoms with Crippen LogP contribution in [0.15, 0.2) is 120 Å². The van der Waals surface area contributed by atoms with Gasteiger partial charge in [0.15, 0.2) is 23.1 Å². The Morgan fingerprint density at radius 3 is 0.962 bits per heavy atom. The summed E-state index contributed by atoms with van der Waals surface area (Å²) in [6.07, 6.45) is 38.5. The molecule has 0 saturated carbocycles. The second-order valence-electron chi connectivity index (χ2n) is 29.9.